The Morgan fingerprint density at radius 3 is 2.47 bits per heavy atom. The van der Waals surface area contributed by atoms with Gasteiger partial charge in [0, 0.05) is 17.4 Å². The Hall–Kier alpha value is -2.18. The largest absolute Gasteiger partial charge is 0.460 e. The minimum absolute atomic E-state index is 0.161. The number of aromatic nitrogens is 1. The fourth-order valence-electron chi connectivity index (χ4n) is 5.09. The highest BCUT2D eigenvalue weighted by Crippen LogP contribution is 2.52. The molecule has 2 heterocycles. The molecule has 0 spiro atoms. The molecule has 2 aliphatic carbocycles. The third kappa shape index (κ3) is 5.59. The van der Waals surface area contributed by atoms with E-state index in [1.807, 2.05) is 20.8 Å². The van der Waals surface area contributed by atoms with E-state index in [1.54, 1.807) is 0 Å². The Bertz CT molecular complexity index is 885. The van der Waals surface area contributed by atoms with Crippen LogP contribution in [0.1, 0.15) is 121 Å². The van der Waals surface area contributed by atoms with Gasteiger partial charge in [-0.2, -0.15) is 0 Å². The van der Waals surface area contributed by atoms with Gasteiger partial charge in [0.1, 0.15) is 11.4 Å². The van der Waals surface area contributed by atoms with Crippen molar-refractivity contribution in [1.29, 1.82) is 0 Å². The Morgan fingerprint density at radius 1 is 1.19 bits per heavy atom. The van der Waals surface area contributed by atoms with Crippen molar-refractivity contribution in [3.8, 4) is 0 Å². The van der Waals surface area contributed by atoms with Crippen LogP contribution in [-0.4, -0.2) is 28.4 Å². The van der Waals surface area contributed by atoms with Crippen molar-refractivity contribution in [2.75, 3.05) is 0 Å². The monoisotopic (exact) mass is 444 g/mol. The van der Waals surface area contributed by atoms with Crippen molar-refractivity contribution in [2.45, 2.75) is 109 Å². The van der Waals surface area contributed by atoms with Crippen LogP contribution in [0.2, 0.25) is 0 Å². The van der Waals surface area contributed by atoms with Crippen LogP contribution in [0.3, 0.4) is 0 Å². The van der Waals surface area contributed by atoms with Crippen LogP contribution in [0.4, 0.5) is 0 Å². The number of rotatable bonds is 9. The lowest BCUT2D eigenvalue weighted by Gasteiger charge is -2.35. The van der Waals surface area contributed by atoms with Gasteiger partial charge in [-0.1, -0.05) is 24.2 Å². The SMILES string of the molecule is CC(C)CC1CC(c2onc([C@H](CC(=O)OC(C)(C)C)CC3=NOC(=O)C3)c2C2CC2)C1. The first kappa shape index (κ1) is 23.0. The van der Waals surface area contributed by atoms with Gasteiger partial charge >= 0.3 is 11.9 Å². The molecule has 0 saturated heterocycles. The Balaban J connectivity index is 1.55. The molecule has 0 N–H and O–H groups in total. The van der Waals surface area contributed by atoms with Crippen LogP contribution >= 0.6 is 0 Å². The first-order valence-corrected chi connectivity index (χ1v) is 12.1. The lowest BCUT2D eigenvalue weighted by molar-refractivity contribution is -0.155. The first-order chi connectivity index (χ1) is 15.1. The normalized spacial score (nSPS) is 24.2. The second-order valence-electron chi connectivity index (χ2n) is 11.3. The highest BCUT2D eigenvalue weighted by Gasteiger charge is 2.42. The number of ether oxygens (including phenoxy) is 1. The van der Waals surface area contributed by atoms with Gasteiger partial charge in [0.05, 0.1) is 24.2 Å². The third-order valence-electron chi connectivity index (χ3n) is 6.51. The first-order valence-electron chi connectivity index (χ1n) is 12.1. The van der Waals surface area contributed by atoms with Crippen LogP contribution in [0.5, 0.6) is 0 Å². The smallest absolute Gasteiger partial charge is 0.340 e. The topological polar surface area (TPSA) is 91.0 Å². The van der Waals surface area contributed by atoms with Gasteiger partial charge in [0.15, 0.2) is 0 Å². The van der Waals surface area contributed by atoms with Crippen LogP contribution in [0.15, 0.2) is 9.68 Å². The van der Waals surface area contributed by atoms with Crippen molar-refractivity contribution < 1.29 is 23.7 Å². The minimum atomic E-state index is -0.558. The molecule has 32 heavy (non-hydrogen) atoms. The molecule has 1 aliphatic heterocycles. The zero-order valence-electron chi connectivity index (χ0n) is 20.0. The molecular formula is C25H36N2O5. The van der Waals surface area contributed by atoms with E-state index < -0.39 is 5.60 Å². The van der Waals surface area contributed by atoms with E-state index in [1.165, 1.54) is 12.0 Å². The van der Waals surface area contributed by atoms with E-state index in [-0.39, 0.29) is 30.7 Å². The van der Waals surface area contributed by atoms with Crippen LogP contribution in [0, 0.1) is 11.8 Å². The molecular weight excluding hydrogens is 408 g/mol. The maximum absolute atomic E-state index is 12.7. The number of carbonyl (C=O) groups excluding carboxylic acids is 2. The zero-order valence-corrected chi connectivity index (χ0v) is 20.0. The van der Waals surface area contributed by atoms with Gasteiger partial charge in [0.2, 0.25) is 0 Å². The van der Waals surface area contributed by atoms with E-state index in [0.29, 0.717) is 29.9 Å². The average molecular weight is 445 g/mol. The summed E-state index contributed by atoms with van der Waals surface area (Å²) < 4.78 is 11.6. The molecule has 1 atom stereocenters. The molecule has 7 heteroatoms. The standard InChI is InChI=1S/C25H36N2O5/c1-14(2)8-15-9-18(10-15)24-22(16-6-7-16)23(27-32-24)17(11-19-13-21(29)31-26-19)12-20(28)30-25(3,4)5/h14-18H,6-13H2,1-5H3/t15?,17-,18?/m0/s1. The highest BCUT2D eigenvalue weighted by molar-refractivity contribution is 6.02. The van der Waals surface area contributed by atoms with Crippen molar-refractivity contribution in [3.63, 3.8) is 0 Å². The quantitative estimate of drug-likeness (QED) is 0.364. The molecule has 176 valence electrons. The molecule has 4 rings (SSSR count). The average Bonchev–Trinajstić information content (AvgIpc) is 3.25. The third-order valence-corrected chi connectivity index (χ3v) is 6.51. The fraction of sp³-hybridized carbons (Fsp3) is 0.760. The molecule has 7 nitrogen and oxygen atoms in total. The summed E-state index contributed by atoms with van der Waals surface area (Å²) in [5.41, 5.74) is 2.15. The van der Waals surface area contributed by atoms with E-state index in [0.717, 1.165) is 43.1 Å². The van der Waals surface area contributed by atoms with Gasteiger partial charge in [0.25, 0.3) is 0 Å². The van der Waals surface area contributed by atoms with E-state index >= 15 is 0 Å². The molecule has 0 amide bonds. The number of carbonyl (C=O) groups is 2. The molecule has 1 aromatic rings. The number of esters is 1. The predicted molar refractivity (Wildman–Crippen MR) is 119 cm³/mol. The van der Waals surface area contributed by atoms with E-state index in [2.05, 4.69) is 24.2 Å². The summed E-state index contributed by atoms with van der Waals surface area (Å²) in [5, 5.41) is 8.43. The van der Waals surface area contributed by atoms with Gasteiger partial charge in [-0.25, -0.2) is 4.79 Å². The number of hydrogen-bond acceptors (Lipinski definition) is 7. The van der Waals surface area contributed by atoms with Gasteiger partial charge in [-0.15, -0.1) is 0 Å². The number of nitrogens with zero attached hydrogens (tertiary/aromatic N) is 2. The number of oxime groups is 1. The molecule has 0 aromatic carbocycles. The number of hydrogen-bond donors (Lipinski definition) is 0. The second kappa shape index (κ2) is 8.99. The molecule has 3 aliphatic rings. The summed E-state index contributed by atoms with van der Waals surface area (Å²) >= 11 is 0. The van der Waals surface area contributed by atoms with Crippen molar-refractivity contribution >= 4 is 17.7 Å². The maximum atomic E-state index is 12.7. The van der Waals surface area contributed by atoms with Crippen molar-refractivity contribution in [1.82, 2.24) is 5.16 Å². The highest BCUT2D eigenvalue weighted by atomic mass is 16.7. The maximum Gasteiger partial charge on any atom is 0.340 e. The van der Waals surface area contributed by atoms with Crippen LogP contribution in [0.25, 0.3) is 0 Å². The second-order valence-corrected chi connectivity index (χ2v) is 11.3. The van der Waals surface area contributed by atoms with E-state index in [9.17, 15) is 9.59 Å². The van der Waals surface area contributed by atoms with Gasteiger partial charge in [-0.3, -0.25) is 4.79 Å². The summed E-state index contributed by atoms with van der Waals surface area (Å²) in [6.07, 6.45) is 6.60. The van der Waals surface area contributed by atoms with Crippen LogP contribution < -0.4 is 0 Å². The Kier molecular flexibility index (Phi) is 6.46. The lowest BCUT2D eigenvalue weighted by Crippen LogP contribution is -2.26. The Morgan fingerprint density at radius 2 is 1.91 bits per heavy atom. The zero-order chi connectivity index (χ0) is 23.0. The molecule has 1 aromatic heterocycles. The summed E-state index contributed by atoms with van der Waals surface area (Å²) in [6.45, 7) is 10.1. The summed E-state index contributed by atoms with van der Waals surface area (Å²) in [5.74, 6) is 2.51. The molecule has 0 bridgehead atoms. The Labute approximate surface area is 190 Å². The summed E-state index contributed by atoms with van der Waals surface area (Å²) in [6, 6.07) is 0. The van der Waals surface area contributed by atoms with Gasteiger partial charge in [-0.05, 0) is 77.0 Å². The molecule has 2 fully saturated rings. The fourth-order valence-corrected chi connectivity index (χ4v) is 5.09. The molecule has 0 unspecified atom stereocenters. The molecule has 2 saturated carbocycles. The van der Waals surface area contributed by atoms with Crippen molar-refractivity contribution in [3.05, 3.63) is 17.0 Å². The minimum Gasteiger partial charge on any atom is -0.460 e. The van der Waals surface area contributed by atoms with E-state index in [4.69, 9.17) is 14.1 Å². The summed E-state index contributed by atoms with van der Waals surface area (Å²) in [7, 11) is 0. The van der Waals surface area contributed by atoms with Crippen LogP contribution in [-0.2, 0) is 19.2 Å². The molecule has 0 radical (unpaired) electrons. The lowest BCUT2D eigenvalue weighted by atomic mass is 9.69. The predicted octanol–water partition coefficient (Wildman–Crippen LogP) is 5.60. The van der Waals surface area contributed by atoms with Crippen molar-refractivity contribution in [2.24, 2.45) is 17.0 Å². The summed E-state index contributed by atoms with van der Waals surface area (Å²) in [4.78, 5) is 29.0. The van der Waals surface area contributed by atoms with Gasteiger partial charge < -0.3 is 14.1 Å².